The maximum Gasteiger partial charge on any atom is 0.157 e. The van der Waals surface area contributed by atoms with Gasteiger partial charge in [0, 0.05) is 46.2 Å². The van der Waals surface area contributed by atoms with E-state index in [1.54, 1.807) is 18.9 Å². The van der Waals surface area contributed by atoms with Crippen LogP contribution in [0.3, 0.4) is 0 Å². The van der Waals surface area contributed by atoms with Crippen LogP contribution in [0.5, 0.6) is 0 Å². The summed E-state index contributed by atoms with van der Waals surface area (Å²) in [5.74, 6) is 0.710. The lowest BCUT2D eigenvalue weighted by Crippen LogP contribution is -2.09. The molecule has 8 nitrogen and oxygen atoms in total. The Morgan fingerprint density at radius 2 is 1.92 bits per heavy atom. The van der Waals surface area contributed by atoms with Gasteiger partial charge < -0.3 is 20.0 Å². The van der Waals surface area contributed by atoms with Gasteiger partial charge in [0.2, 0.25) is 0 Å². The van der Waals surface area contributed by atoms with Crippen LogP contribution >= 0.6 is 0 Å². The highest BCUT2D eigenvalue weighted by Gasteiger charge is 2.37. The fourth-order valence-electron chi connectivity index (χ4n) is 4.75. The molecule has 1 saturated heterocycles. The number of furan rings is 1. The molecule has 1 aliphatic heterocycles. The molecular formula is C28H23N7O. The van der Waals surface area contributed by atoms with Crippen LogP contribution in [0.25, 0.3) is 39.1 Å². The van der Waals surface area contributed by atoms with Crippen LogP contribution in [0.2, 0.25) is 0 Å². The van der Waals surface area contributed by atoms with Gasteiger partial charge in [0.1, 0.15) is 18.1 Å². The van der Waals surface area contributed by atoms with Crippen molar-refractivity contribution in [3.8, 4) is 22.6 Å². The molecule has 0 radical (unpaired) electrons. The van der Waals surface area contributed by atoms with Crippen LogP contribution < -0.4 is 10.6 Å². The minimum absolute atomic E-state index is 0.132. The van der Waals surface area contributed by atoms with Crippen molar-refractivity contribution in [3.05, 3.63) is 96.4 Å². The number of hydrogen-bond donors (Lipinski definition) is 3. The molecule has 1 unspecified atom stereocenters. The minimum Gasteiger partial charge on any atom is -0.472 e. The minimum atomic E-state index is 0.132. The fraction of sp³-hybridized carbons (Fsp3) is 0.143. The number of nitrogens with zero attached hydrogens (tertiary/aromatic N) is 4. The molecule has 5 aromatic rings. The number of fused-ring (bicyclic) bond motifs is 4. The van der Waals surface area contributed by atoms with E-state index in [4.69, 9.17) is 9.40 Å². The normalized spacial score (nSPS) is 16.0. The Balaban J connectivity index is 1.35. The van der Waals surface area contributed by atoms with Crippen molar-refractivity contribution in [1.29, 1.82) is 0 Å². The van der Waals surface area contributed by atoms with Crippen LogP contribution in [0, 0.1) is 0 Å². The molecule has 176 valence electrons. The third-order valence-corrected chi connectivity index (χ3v) is 6.46. The highest BCUT2D eigenvalue weighted by Crippen LogP contribution is 2.42. The standard InChI is InChI=1S/C28H23N7O/c1-15(2)32-19-9-18(11-29-12-19)16-3-5-22-21(10-16)25(31-14-30-22)28-34-24-20(17-7-8-36-13-17)4-6-23-26(33-23)27(24)35-28/h3-15,26,32-33H,1-2H3,(H,34,35). The summed E-state index contributed by atoms with van der Waals surface area (Å²) in [6, 6.07) is 10.7. The Kier molecular flexibility index (Phi) is 4.54. The van der Waals surface area contributed by atoms with Crippen molar-refractivity contribution in [2.75, 3.05) is 5.32 Å². The molecule has 1 aromatic carbocycles. The number of H-pyrrole nitrogens is 1. The van der Waals surface area contributed by atoms with Crippen molar-refractivity contribution >= 4 is 22.2 Å². The lowest BCUT2D eigenvalue weighted by molar-refractivity contribution is 0.566. The first-order valence-electron chi connectivity index (χ1n) is 11.9. The Bertz CT molecular complexity index is 1680. The first-order chi connectivity index (χ1) is 17.6. The molecule has 5 heterocycles. The molecule has 4 aromatic heterocycles. The largest absolute Gasteiger partial charge is 0.472 e. The van der Waals surface area contributed by atoms with E-state index in [2.05, 4.69) is 74.8 Å². The number of aromatic amines is 1. The molecule has 2 aliphatic rings. The van der Waals surface area contributed by atoms with E-state index < -0.39 is 0 Å². The number of anilines is 1. The van der Waals surface area contributed by atoms with E-state index in [1.807, 2.05) is 24.5 Å². The second-order valence-electron chi connectivity index (χ2n) is 9.35. The van der Waals surface area contributed by atoms with E-state index in [0.717, 1.165) is 55.9 Å². The maximum atomic E-state index is 5.35. The summed E-state index contributed by atoms with van der Waals surface area (Å²) in [5.41, 5.74) is 9.77. The number of rotatable bonds is 5. The van der Waals surface area contributed by atoms with Crippen molar-refractivity contribution < 1.29 is 4.42 Å². The molecule has 3 N–H and O–H groups in total. The van der Waals surface area contributed by atoms with Gasteiger partial charge in [-0.05, 0) is 49.8 Å². The van der Waals surface area contributed by atoms with Crippen LogP contribution in [-0.4, -0.2) is 31.0 Å². The monoisotopic (exact) mass is 473 g/mol. The smallest absolute Gasteiger partial charge is 0.157 e. The van der Waals surface area contributed by atoms with Crippen LogP contribution in [0.1, 0.15) is 36.8 Å². The molecule has 0 saturated carbocycles. The number of pyridine rings is 1. The van der Waals surface area contributed by atoms with Crippen LogP contribution in [0.15, 0.2) is 83.8 Å². The summed E-state index contributed by atoms with van der Waals surface area (Å²) < 4.78 is 5.35. The lowest BCUT2D eigenvalue weighted by atomic mass is 10.0. The summed E-state index contributed by atoms with van der Waals surface area (Å²) >= 11 is 0. The third-order valence-electron chi connectivity index (χ3n) is 6.46. The Morgan fingerprint density at radius 3 is 2.78 bits per heavy atom. The first-order valence-corrected chi connectivity index (χ1v) is 11.9. The topological polar surface area (TPSA) is 114 Å². The number of allylic oxidation sites excluding steroid dienone is 2. The Morgan fingerprint density at radius 1 is 0.972 bits per heavy atom. The Labute approximate surface area is 207 Å². The summed E-state index contributed by atoms with van der Waals surface area (Å²) in [5, 5.41) is 7.77. The first kappa shape index (κ1) is 20.6. The summed E-state index contributed by atoms with van der Waals surface area (Å²) in [6.07, 6.45) is 12.9. The SMILES string of the molecule is CC(C)Nc1cncc(-c2ccc3ncnc(-c4nc5c([nH]4)C4NC4=CC=C5c4ccoc4)c3c2)c1. The van der Waals surface area contributed by atoms with E-state index in [0.29, 0.717) is 11.9 Å². The fourth-order valence-corrected chi connectivity index (χ4v) is 4.75. The highest BCUT2D eigenvalue weighted by atomic mass is 16.3. The van der Waals surface area contributed by atoms with E-state index in [-0.39, 0.29) is 6.04 Å². The van der Waals surface area contributed by atoms with Gasteiger partial charge in [-0.2, -0.15) is 0 Å². The Hall–Kier alpha value is -4.72. The van der Waals surface area contributed by atoms with Crippen LogP contribution in [0.4, 0.5) is 5.69 Å². The average Bonchev–Trinajstić information content (AvgIpc) is 3.26. The molecule has 1 atom stereocenters. The van der Waals surface area contributed by atoms with Crippen molar-refractivity contribution in [2.24, 2.45) is 0 Å². The number of hydrogen-bond acceptors (Lipinski definition) is 7. The predicted octanol–water partition coefficient (Wildman–Crippen LogP) is 5.47. The zero-order valence-corrected chi connectivity index (χ0v) is 19.8. The third kappa shape index (κ3) is 3.46. The zero-order chi connectivity index (χ0) is 24.2. The van der Waals surface area contributed by atoms with Gasteiger partial charge in [-0.25, -0.2) is 15.0 Å². The van der Waals surface area contributed by atoms with E-state index in [1.165, 1.54) is 5.70 Å². The molecule has 0 bridgehead atoms. The molecule has 8 heteroatoms. The van der Waals surface area contributed by atoms with Gasteiger partial charge in [-0.3, -0.25) is 4.98 Å². The predicted molar refractivity (Wildman–Crippen MR) is 139 cm³/mol. The van der Waals surface area contributed by atoms with Crippen molar-refractivity contribution in [2.45, 2.75) is 25.9 Å². The number of aromatic nitrogens is 5. The average molecular weight is 474 g/mol. The molecule has 36 heavy (non-hydrogen) atoms. The quantitative estimate of drug-likeness (QED) is 0.290. The van der Waals surface area contributed by atoms with E-state index >= 15 is 0 Å². The molecule has 1 aliphatic carbocycles. The summed E-state index contributed by atoms with van der Waals surface area (Å²) in [7, 11) is 0. The zero-order valence-electron chi connectivity index (χ0n) is 19.8. The molecular weight excluding hydrogens is 450 g/mol. The van der Waals surface area contributed by atoms with Gasteiger partial charge in [0.25, 0.3) is 0 Å². The van der Waals surface area contributed by atoms with E-state index in [9.17, 15) is 0 Å². The summed E-state index contributed by atoms with van der Waals surface area (Å²) in [4.78, 5) is 22.2. The maximum absolute atomic E-state index is 5.35. The molecule has 7 rings (SSSR count). The van der Waals surface area contributed by atoms with Gasteiger partial charge in [-0.1, -0.05) is 12.1 Å². The number of benzene rings is 1. The van der Waals surface area contributed by atoms with Gasteiger partial charge in [-0.15, -0.1) is 0 Å². The van der Waals surface area contributed by atoms with Crippen molar-refractivity contribution in [1.82, 2.24) is 30.2 Å². The van der Waals surface area contributed by atoms with Crippen LogP contribution in [-0.2, 0) is 0 Å². The molecule has 0 amide bonds. The summed E-state index contributed by atoms with van der Waals surface area (Å²) in [6.45, 7) is 4.22. The second-order valence-corrected chi connectivity index (χ2v) is 9.35. The van der Waals surface area contributed by atoms with Gasteiger partial charge in [0.15, 0.2) is 5.82 Å². The number of nitrogens with one attached hydrogen (secondary N) is 3. The van der Waals surface area contributed by atoms with Gasteiger partial charge >= 0.3 is 0 Å². The van der Waals surface area contributed by atoms with Crippen molar-refractivity contribution in [3.63, 3.8) is 0 Å². The molecule has 1 fully saturated rings. The highest BCUT2D eigenvalue weighted by molar-refractivity contribution is 5.94. The lowest BCUT2D eigenvalue weighted by Gasteiger charge is -2.11. The van der Waals surface area contributed by atoms with Gasteiger partial charge in [0.05, 0.1) is 35.1 Å². The number of imidazole rings is 1. The molecule has 0 spiro atoms. The second kappa shape index (κ2) is 7.91.